The molecule has 216 valence electrons. The van der Waals surface area contributed by atoms with E-state index in [1.54, 1.807) is 0 Å². The topological polar surface area (TPSA) is 27.7 Å². The minimum atomic E-state index is -2.81. The van der Waals surface area contributed by atoms with Crippen LogP contribution in [-0.2, 0) is 33.8 Å². The van der Waals surface area contributed by atoms with Crippen LogP contribution in [0.5, 0.6) is 0 Å². The second kappa shape index (κ2) is 12.0. The molecule has 0 saturated carbocycles. The van der Waals surface area contributed by atoms with Crippen molar-refractivity contribution >= 4 is 7.32 Å². The van der Waals surface area contributed by atoms with E-state index in [9.17, 15) is 65.9 Å². The fraction of sp³-hybridized carbons (Fsp3) is 0.143. The molecule has 0 aliphatic carbocycles. The van der Waals surface area contributed by atoms with Gasteiger partial charge in [0.25, 0.3) is 0 Å². The summed E-state index contributed by atoms with van der Waals surface area (Å²) in [6.07, 6.45) is 0. The van der Waals surface area contributed by atoms with Gasteiger partial charge in [-0.3, -0.25) is 0 Å². The SMILES string of the molecule is Fc1c(F)c(F)c(COB(OCc2c(F)c(F)c(F)c(F)c2F)OCc2c(F)c(F)c(F)c(F)c2F)c(F)c1F. The van der Waals surface area contributed by atoms with Gasteiger partial charge in [0.05, 0.1) is 36.5 Å². The molecule has 3 aromatic rings. The molecule has 0 fully saturated rings. The zero-order valence-corrected chi connectivity index (χ0v) is 18.6. The lowest BCUT2D eigenvalue weighted by Gasteiger charge is -2.17. The van der Waals surface area contributed by atoms with Crippen LogP contribution in [0.2, 0.25) is 0 Å². The largest absolute Gasteiger partial charge is 0.640 e. The predicted molar refractivity (Wildman–Crippen MR) is 98.8 cm³/mol. The molecule has 0 saturated heterocycles. The predicted octanol–water partition coefficient (Wildman–Crippen LogP) is 6.71. The van der Waals surface area contributed by atoms with Gasteiger partial charge in [-0.05, 0) is 0 Å². The molecule has 0 heterocycles. The van der Waals surface area contributed by atoms with E-state index in [0.29, 0.717) is 0 Å². The summed E-state index contributed by atoms with van der Waals surface area (Å²) in [5.41, 5.74) is -5.21. The van der Waals surface area contributed by atoms with Gasteiger partial charge in [0.15, 0.2) is 69.8 Å². The average Bonchev–Trinajstić information content (AvgIpc) is 2.94. The van der Waals surface area contributed by atoms with Crippen molar-refractivity contribution in [3.05, 3.63) is 104 Å². The number of hydrogen-bond acceptors (Lipinski definition) is 3. The van der Waals surface area contributed by atoms with Gasteiger partial charge in [-0.1, -0.05) is 0 Å². The van der Waals surface area contributed by atoms with E-state index < -0.39 is 131 Å². The first-order chi connectivity index (χ1) is 18.6. The van der Waals surface area contributed by atoms with Crippen LogP contribution in [0.4, 0.5) is 65.9 Å². The maximum atomic E-state index is 13.9. The molecule has 0 N–H and O–H groups in total. The Hall–Kier alpha value is -3.45. The molecule has 0 aliphatic heterocycles. The Bertz CT molecular complexity index is 1220. The fourth-order valence-electron chi connectivity index (χ4n) is 2.93. The maximum absolute atomic E-state index is 13.9. The van der Waals surface area contributed by atoms with Gasteiger partial charge in [0.1, 0.15) is 0 Å². The third kappa shape index (κ3) is 5.57. The van der Waals surface area contributed by atoms with E-state index in [0.717, 1.165) is 0 Å². The number of benzene rings is 3. The zero-order valence-electron chi connectivity index (χ0n) is 18.6. The number of halogens is 15. The highest BCUT2D eigenvalue weighted by Crippen LogP contribution is 2.27. The van der Waals surface area contributed by atoms with Gasteiger partial charge >= 0.3 is 7.32 Å². The Morgan fingerprint density at radius 2 is 0.425 bits per heavy atom. The van der Waals surface area contributed by atoms with Crippen molar-refractivity contribution in [3.63, 3.8) is 0 Å². The number of hydrogen-bond donors (Lipinski definition) is 0. The van der Waals surface area contributed by atoms with Crippen LogP contribution in [0.25, 0.3) is 0 Å². The van der Waals surface area contributed by atoms with Crippen LogP contribution >= 0.6 is 0 Å². The molecule has 19 heteroatoms. The zero-order chi connectivity index (χ0) is 30.2. The molecule has 0 aliphatic rings. The Kier molecular flexibility index (Phi) is 9.30. The van der Waals surface area contributed by atoms with Crippen LogP contribution < -0.4 is 0 Å². The summed E-state index contributed by atoms with van der Waals surface area (Å²) in [5, 5.41) is 0. The van der Waals surface area contributed by atoms with Gasteiger partial charge < -0.3 is 14.0 Å². The van der Waals surface area contributed by atoms with Gasteiger partial charge in [0.2, 0.25) is 17.5 Å². The molecule has 0 unspecified atom stereocenters. The van der Waals surface area contributed by atoms with E-state index in [2.05, 4.69) is 14.0 Å². The monoisotopic (exact) mass is 602 g/mol. The summed E-state index contributed by atoms with van der Waals surface area (Å²) >= 11 is 0. The second-order valence-electron chi connectivity index (χ2n) is 7.37. The van der Waals surface area contributed by atoms with Crippen molar-refractivity contribution in [2.75, 3.05) is 0 Å². The van der Waals surface area contributed by atoms with Crippen LogP contribution in [0.15, 0.2) is 0 Å². The molecule has 3 aromatic carbocycles. The van der Waals surface area contributed by atoms with E-state index in [1.165, 1.54) is 0 Å². The van der Waals surface area contributed by atoms with Crippen LogP contribution in [0, 0.1) is 87.3 Å². The normalized spacial score (nSPS) is 11.5. The van der Waals surface area contributed by atoms with Crippen molar-refractivity contribution in [1.82, 2.24) is 0 Å². The third-order valence-corrected chi connectivity index (χ3v) is 4.99. The molecule has 3 rings (SSSR count). The van der Waals surface area contributed by atoms with E-state index in [4.69, 9.17) is 0 Å². The quantitative estimate of drug-likeness (QED) is 0.118. The highest BCUT2D eigenvalue weighted by atomic mass is 19.2. The van der Waals surface area contributed by atoms with Crippen molar-refractivity contribution in [2.24, 2.45) is 0 Å². The first-order valence-corrected chi connectivity index (χ1v) is 9.97. The minimum Gasteiger partial charge on any atom is -0.381 e. The minimum absolute atomic E-state index is 1.74. The Morgan fingerprint density at radius 1 is 0.275 bits per heavy atom. The molecule has 0 radical (unpaired) electrons. The van der Waals surface area contributed by atoms with Crippen molar-refractivity contribution in [2.45, 2.75) is 19.8 Å². The lowest BCUT2D eigenvalue weighted by atomic mass is 10.1. The first-order valence-electron chi connectivity index (χ1n) is 9.97. The number of rotatable bonds is 9. The standard InChI is InChI=1S/C21H6BF15O3/c23-7-4(8(24)14(30)19(35)13(7)29)1-38-22(39-2-5-9(25)15(31)20(36)16(32)10(5)26)40-3-6-11(27)17(33)21(37)18(34)12(6)28/h1-3H2. The first kappa shape index (κ1) is 31.1. The van der Waals surface area contributed by atoms with E-state index in [1.807, 2.05) is 0 Å². The summed E-state index contributed by atoms with van der Waals surface area (Å²) in [5.74, 6) is -37.5. The maximum Gasteiger partial charge on any atom is 0.640 e. The molecule has 0 aromatic heterocycles. The molecule has 3 nitrogen and oxygen atoms in total. The summed E-state index contributed by atoms with van der Waals surface area (Å²) in [7, 11) is -2.81. The molecular formula is C21H6BF15O3. The molecule has 0 amide bonds. The molecule has 40 heavy (non-hydrogen) atoms. The van der Waals surface area contributed by atoms with Gasteiger partial charge in [0, 0.05) is 0 Å². The Labute approximate surface area is 211 Å². The average molecular weight is 602 g/mol. The van der Waals surface area contributed by atoms with E-state index >= 15 is 0 Å². The highest BCUT2D eigenvalue weighted by Gasteiger charge is 2.33. The summed E-state index contributed by atoms with van der Waals surface area (Å²) in [6, 6.07) is 0. The Morgan fingerprint density at radius 3 is 0.600 bits per heavy atom. The molecule has 0 spiro atoms. The molecular weight excluding hydrogens is 596 g/mol. The smallest absolute Gasteiger partial charge is 0.381 e. The fourth-order valence-corrected chi connectivity index (χ4v) is 2.93. The second-order valence-corrected chi connectivity index (χ2v) is 7.37. The third-order valence-electron chi connectivity index (χ3n) is 4.99. The van der Waals surface area contributed by atoms with Gasteiger partial charge in [-0.15, -0.1) is 0 Å². The van der Waals surface area contributed by atoms with Crippen molar-refractivity contribution in [1.29, 1.82) is 0 Å². The van der Waals surface area contributed by atoms with Gasteiger partial charge in [-0.2, -0.15) is 0 Å². The van der Waals surface area contributed by atoms with Crippen LogP contribution in [0.3, 0.4) is 0 Å². The van der Waals surface area contributed by atoms with Crippen LogP contribution in [0.1, 0.15) is 16.7 Å². The van der Waals surface area contributed by atoms with Gasteiger partial charge in [-0.25, -0.2) is 65.9 Å². The van der Waals surface area contributed by atoms with E-state index in [-0.39, 0.29) is 0 Å². The lowest BCUT2D eigenvalue weighted by Crippen LogP contribution is -2.29. The van der Waals surface area contributed by atoms with Crippen molar-refractivity contribution in [3.8, 4) is 0 Å². The summed E-state index contributed by atoms with van der Waals surface area (Å²) in [4.78, 5) is 0. The van der Waals surface area contributed by atoms with Crippen molar-refractivity contribution < 1.29 is 79.8 Å². The molecule has 0 atom stereocenters. The lowest BCUT2D eigenvalue weighted by molar-refractivity contribution is 0.0705. The van der Waals surface area contributed by atoms with Crippen LogP contribution in [-0.4, -0.2) is 7.32 Å². The highest BCUT2D eigenvalue weighted by molar-refractivity contribution is 6.36. The molecule has 0 bridgehead atoms. The summed E-state index contributed by atoms with van der Waals surface area (Å²) < 4.78 is 217. The Balaban J connectivity index is 1.94. The summed E-state index contributed by atoms with van der Waals surface area (Å²) in [6.45, 7) is -5.24.